The summed E-state index contributed by atoms with van der Waals surface area (Å²) in [7, 11) is 0. The largest absolute Gasteiger partial charge is 0.483 e. The van der Waals surface area contributed by atoms with Gasteiger partial charge in [-0.15, -0.1) is 0 Å². The van der Waals surface area contributed by atoms with E-state index in [1.54, 1.807) is 12.1 Å². The van der Waals surface area contributed by atoms with E-state index in [0.29, 0.717) is 0 Å². The number of halogens is 1. The Labute approximate surface area is 70.7 Å². The third-order valence-corrected chi connectivity index (χ3v) is 1.26. The van der Waals surface area contributed by atoms with Crippen LogP contribution in [0.15, 0.2) is 30.3 Å². The molecule has 0 aliphatic heterocycles. The van der Waals surface area contributed by atoms with E-state index in [1.165, 1.54) is 6.92 Å². The molecule has 0 aliphatic carbocycles. The molecule has 66 valence electrons. The minimum atomic E-state index is -0.841. The van der Waals surface area contributed by atoms with E-state index in [4.69, 9.17) is 9.90 Å². The number of hydrogen-bond donors (Lipinski definition) is 1. The Morgan fingerprint density at radius 3 is 2.08 bits per heavy atom. The molecule has 0 aliphatic rings. The molecule has 1 N–H and O–H groups in total. The van der Waals surface area contributed by atoms with E-state index < -0.39 is 6.17 Å². The van der Waals surface area contributed by atoms with Crippen molar-refractivity contribution in [2.75, 3.05) is 0 Å². The fourth-order valence-electron chi connectivity index (χ4n) is 0.718. The van der Waals surface area contributed by atoms with Crippen LogP contribution in [0.2, 0.25) is 0 Å². The third kappa shape index (κ3) is 4.44. The van der Waals surface area contributed by atoms with Crippen LogP contribution in [0.25, 0.3) is 0 Å². The van der Waals surface area contributed by atoms with Gasteiger partial charge in [0.2, 0.25) is 0 Å². The molecule has 12 heavy (non-hydrogen) atoms. The molecule has 0 radical (unpaired) electrons. The first-order valence-corrected chi connectivity index (χ1v) is 3.49. The summed E-state index contributed by atoms with van der Waals surface area (Å²) in [6, 6.07) is 9.12. The van der Waals surface area contributed by atoms with Crippen molar-refractivity contribution in [3.63, 3.8) is 0 Å². The second-order valence-electron chi connectivity index (χ2n) is 2.13. The Bertz CT molecular complexity index is 209. The molecular formula is C9H11FO2. The van der Waals surface area contributed by atoms with E-state index in [9.17, 15) is 4.39 Å². The number of carbonyl (C=O) groups is 1. The molecule has 0 bridgehead atoms. The number of hydrogen-bond acceptors (Lipinski definition) is 1. The second kappa shape index (κ2) is 6.34. The van der Waals surface area contributed by atoms with Gasteiger partial charge in [0.15, 0.2) is 0 Å². The van der Waals surface area contributed by atoms with Gasteiger partial charge in [-0.05, 0) is 12.5 Å². The number of carboxylic acid groups (broad SMARTS) is 1. The quantitative estimate of drug-likeness (QED) is 0.657. The number of benzene rings is 1. The van der Waals surface area contributed by atoms with Gasteiger partial charge in [0, 0.05) is 0 Å². The zero-order valence-corrected chi connectivity index (χ0v) is 6.77. The van der Waals surface area contributed by atoms with Crippen LogP contribution in [0.5, 0.6) is 0 Å². The standard InChI is InChI=1S/C8H9F.CH2O2/c1-7(9)8-5-3-2-4-6-8;2-1-3/h2-7H,1H3;1H,(H,2,3). The zero-order valence-electron chi connectivity index (χ0n) is 6.77. The average Bonchev–Trinajstić information content (AvgIpc) is 2.07. The summed E-state index contributed by atoms with van der Waals surface area (Å²) >= 11 is 0. The van der Waals surface area contributed by atoms with Crippen molar-refractivity contribution in [2.45, 2.75) is 13.1 Å². The van der Waals surface area contributed by atoms with Gasteiger partial charge in [0.05, 0.1) is 0 Å². The van der Waals surface area contributed by atoms with Gasteiger partial charge in [-0.2, -0.15) is 0 Å². The molecule has 0 amide bonds. The lowest BCUT2D eigenvalue weighted by Crippen LogP contribution is -1.81. The highest BCUT2D eigenvalue weighted by molar-refractivity contribution is 5.32. The molecule has 1 rings (SSSR count). The van der Waals surface area contributed by atoms with Crippen molar-refractivity contribution >= 4 is 6.47 Å². The second-order valence-corrected chi connectivity index (χ2v) is 2.13. The van der Waals surface area contributed by atoms with Crippen molar-refractivity contribution in [2.24, 2.45) is 0 Å². The summed E-state index contributed by atoms with van der Waals surface area (Å²) in [4.78, 5) is 8.36. The van der Waals surface area contributed by atoms with Gasteiger partial charge >= 0.3 is 0 Å². The van der Waals surface area contributed by atoms with Crippen molar-refractivity contribution in [1.82, 2.24) is 0 Å². The Hall–Kier alpha value is -1.38. The summed E-state index contributed by atoms with van der Waals surface area (Å²) in [5.74, 6) is 0. The van der Waals surface area contributed by atoms with Gasteiger partial charge in [-0.1, -0.05) is 30.3 Å². The minimum absolute atomic E-state index is 0.250. The van der Waals surface area contributed by atoms with E-state index in [1.807, 2.05) is 18.2 Å². The van der Waals surface area contributed by atoms with Crippen LogP contribution < -0.4 is 0 Å². The van der Waals surface area contributed by atoms with Gasteiger partial charge in [0.25, 0.3) is 6.47 Å². The van der Waals surface area contributed by atoms with Gasteiger partial charge in [0.1, 0.15) is 6.17 Å². The predicted octanol–water partition coefficient (Wildman–Crippen LogP) is 2.42. The predicted molar refractivity (Wildman–Crippen MR) is 44.7 cm³/mol. The lowest BCUT2D eigenvalue weighted by Gasteiger charge is -1.98. The lowest BCUT2D eigenvalue weighted by molar-refractivity contribution is -0.122. The maximum absolute atomic E-state index is 12.4. The molecule has 3 heteroatoms. The number of alkyl halides is 1. The Balaban J connectivity index is 0.000000354. The molecule has 1 aromatic carbocycles. The highest BCUT2D eigenvalue weighted by Gasteiger charge is 1.97. The normalized spacial score (nSPS) is 10.8. The highest BCUT2D eigenvalue weighted by atomic mass is 19.1. The van der Waals surface area contributed by atoms with E-state index in [2.05, 4.69) is 0 Å². The van der Waals surface area contributed by atoms with Crippen molar-refractivity contribution < 1.29 is 14.3 Å². The lowest BCUT2D eigenvalue weighted by atomic mass is 10.1. The van der Waals surface area contributed by atoms with Crippen LogP contribution in [0.1, 0.15) is 18.7 Å². The SMILES string of the molecule is CC(F)c1ccccc1.O=CO. The molecule has 0 fully saturated rings. The van der Waals surface area contributed by atoms with Crippen molar-refractivity contribution in [1.29, 1.82) is 0 Å². The summed E-state index contributed by atoms with van der Waals surface area (Å²) < 4.78 is 12.4. The third-order valence-electron chi connectivity index (χ3n) is 1.26. The Kier molecular flexibility index (Phi) is 5.61. The van der Waals surface area contributed by atoms with E-state index in [-0.39, 0.29) is 6.47 Å². The fourth-order valence-corrected chi connectivity index (χ4v) is 0.718. The first-order chi connectivity index (χ1) is 5.72. The van der Waals surface area contributed by atoms with Gasteiger partial charge in [-0.3, -0.25) is 4.79 Å². The number of rotatable bonds is 1. The summed E-state index contributed by atoms with van der Waals surface area (Å²) in [5.41, 5.74) is 0.748. The molecule has 1 atom stereocenters. The molecule has 2 nitrogen and oxygen atoms in total. The minimum Gasteiger partial charge on any atom is -0.483 e. The summed E-state index contributed by atoms with van der Waals surface area (Å²) in [6.07, 6.45) is -0.841. The van der Waals surface area contributed by atoms with Crippen molar-refractivity contribution in [3.05, 3.63) is 35.9 Å². The van der Waals surface area contributed by atoms with E-state index >= 15 is 0 Å². The smallest absolute Gasteiger partial charge is 0.290 e. The summed E-state index contributed by atoms with van der Waals surface area (Å²) in [6.45, 7) is 1.29. The molecule has 0 heterocycles. The van der Waals surface area contributed by atoms with Crippen LogP contribution in [0.3, 0.4) is 0 Å². The molecule has 0 aromatic heterocycles. The highest BCUT2D eigenvalue weighted by Crippen LogP contribution is 2.14. The fraction of sp³-hybridized carbons (Fsp3) is 0.222. The maximum Gasteiger partial charge on any atom is 0.290 e. The topological polar surface area (TPSA) is 37.3 Å². The molecular weight excluding hydrogens is 159 g/mol. The zero-order chi connectivity index (χ0) is 9.40. The monoisotopic (exact) mass is 170 g/mol. The first kappa shape index (κ1) is 10.6. The Morgan fingerprint density at radius 1 is 1.42 bits per heavy atom. The molecule has 0 spiro atoms. The first-order valence-electron chi connectivity index (χ1n) is 3.49. The van der Waals surface area contributed by atoms with Crippen LogP contribution in [-0.4, -0.2) is 11.6 Å². The Morgan fingerprint density at radius 2 is 1.83 bits per heavy atom. The van der Waals surface area contributed by atoms with E-state index in [0.717, 1.165) is 5.56 Å². The van der Waals surface area contributed by atoms with Gasteiger partial charge in [-0.25, -0.2) is 4.39 Å². The average molecular weight is 170 g/mol. The molecule has 0 saturated carbocycles. The van der Waals surface area contributed by atoms with Crippen LogP contribution >= 0.6 is 0 Å². The molecule has 1 unspecified atom stereocenters. The maximum atomic E-state index is 12.4. The summed E-state index contributed by atoms with van der Waals surface area (Å²) in [5, 5.41) is 6.89. The molecule has 1 aromatic rings. The van der Waals surface area contributed by atoms with Gasteiger partial charge < -0.3 is 5.11 Å². The molecule has 0 saturated heterocycles. The van der Waals surface area contributed by atoms with Crippen LogP contribution in [0, 0.1) is 0 Å². The van der Waals surface area contributed by atoms with Crippen LogP contribution in [-0.2, 0) is 4.79 Å². The van der Waals surface area contributed by atoms with Crippen LogP contribution in [0.4, 0.5) is 4.39 Å². The van der Waals surface area contributed by atoms with Crippen molar-refractivity contribution in [3.8, 4) is 0 Å².